The van der Waals surface area contributed by atoms with Crippen molar-refractivity contribution < 1.29 is 28.2 Å². The van der Waals surface area contributed by atoms with Crippen LogP contribution in [0.25, 0.3) is 0 Å². The van der Waals surface area contributed by atoms with E-state index in [1.807, 2.05) is 6.07 Å². The Hall–Kier alpha value is -3.86. The first-order valence-electron chi connectivity index (χ1n) is 9.02. The molecule has 0 spiro atoms. The number of rotatable bonds is 10. The Labute approximate surface area is 173 Å². The summed E-state index contributed by atoms with van der Waals surface area (Å²) in [6.45, 7) is 3.38. The fourth-order valence-corrected chi connectivity index (χ4v) is 2.53. The number of esters is 1. The third kappa shape index (κ3) is 6.07. The predicted octanol–water partition coefficient (Wildman–Crippen LogP) is 3.50. The minimum absolute atomic E-state index is 0.0699. The number of hydrogen-bond donors (Lipinski definition) is 0. The van der Waals surface area contributed by atoms with Gasteiger partial charge in [-0.15, -0.1) is 0 Å². The number of anilines is 1. The number of hydrogen-bond acceptors (Lipinski definition) is 6. The molecule has 0 aliphatic carbocycles. The Morgan fingerprint density at radius 3 is 2.57 bits per heavy atom. The Bertz CT molecular complexity index is 938. The standard InChI is InChI=1S/C22H21FN2O5/c1-3-13-29-19-10-5-16(14-20(19)28-2)22(27)30-15-21(26)25(12-4-11-24)18-8-6-17(23)7-9-18/h3,5-10,14H,1,4,12-13,15H2,2H3. The van der Waals surface area contributed by atoms with Crippen molar-refractivity contribution in [3.63, 3.8) is 0 Å². The van der Waals surface area contributed by atoms with E-state index in [0.717, 1.165) is 0 Å². The molecular formula is C22H21FN2O5. The van der Waals surface area contributed by atoms with E-state index < -0.39 is 24.3 Å². The highest BCUT2D eigenvalue weighted by Crippen LogP contribution is 2.28. The minimum Gasteiger partial charge on any atom is -0.493 e. The van der Waals surface area contributed by atoms with Crippen LogP contribution in [0, 0.1) is 17.1 Å². The summed E-state index contributed by atoms with van der Waals surface area (Å²) in [5, 5.41) is 8.82. The van der Waals surface area contributed by atoms with E-state index in [1.165, 1.54) is 48.4 Å². The summed E-state index contributed by atoms with van der Waals surface area (Å²) >= 11 is 0. The lowest BCUT2D eigenvalue weighted by atomic mass is 10.2. The van der Waals surface area contributed by atoms with Crippen molar-refractivity contribution in [1.82, 2.24) is 0 Å². The third-order valence-corrected chi connectivity index (χ3v) is 3.97. The Morgan fingerprint density at radius 1 is 1.20 bits per heavy atom. The van der Waals surface area contributed by atoms with E-state index in [1.54, 1.807) is 12.1 Å². The average molecular weight is 412 g/mol. The summed E-state index contributed by atoms with van der Waals surface area (Å²) in [6, 6.07) is 11.7. The molecule has 0 N–H and O–H groups in total. The molecule has 0 aromatic heterocycles. The van der Waals surface area contributed by atoms with Crippen molar-refractivity contribution >= 4 is 17.6 Å². The molecule has 2 aromatic rings. The largest absolute Gasteiger partial charge is 0.493 e. The molecule has 0 heterocycles. The summed E-state index contributed by atoms with van der Waals surface area (Å²) in [6.07, 6.45) is 1.65. The lowest BCUT2D eigenvalue weighted by Crippen LogP contribution is -2.35. The van der Waals surface area contributed by atoms with Crippen LogP contribution in [0.2, 0.25) is 0 Å². The number of carbonyl (C=O) groups is 2. The molecule has 0 radical (unpaired) electrons. The molecule has 0 saturated carbocycles. The fourth-order valence-electron chi connectivity index (χ4n) is 2.53. The SMILES string of the molecule is C=CCOc1ccc(C(=O)OCC(=O)N(CCC#N)c2ccc(F)cc2)cc1OC. The van der Waals surface area contributed by atoms with Gasteiger partial charge < -0.3 is 19.1 Å². The summed E-state index contributed by atoms with van der Waals surface area (Å²) < 4.78 is 28.9. The van der Waals surface area contributed by atoms with Gasteiger partial charge in [-0.05, 0) is 42.5 Å². The van der Waals surface area contributed by atoms with Gasteiger partial charge in [0.25, 0.3) is 5.91 Å². The topological polar surface area (TPSA) is 88.9 Å². The molecule has 7 nitrogen and oxygen atoms in total. The van der Waals surface area contributed by atoms with E-state index in [2.05, 4.69) is 6.58 Å². The van der Waals surface area contributed by atoms with Gasteiger partial charge in [-0.1, -0.05) is 12.7 Å². The van der Waals surface area contributed by atoms with Crippen molar-refractivity contribution in [1.29, 1.82) is 5.26 Å². The predicted molar refractivity (Wildman–Crippen MR) is 108 cm³/mol. The van der Waals surface area contributed by atoms with Crippen LogP contribution in [0.15, 0.2) is 55.1 Å². The van der Waals surface area contributed by atoms with E-state index in [0.29, 0.717) is 17.2 Å². The number of nitriles is 1. The van der Waals surface area contributed by atoms with Gasteiger partial charge in [0.05, 0.1) is 25.2 Å². The zero-order valence-electron chi connectivity index (χ0n) is 16.5. The number of amides is 1. The van der Waals surface area contributed by atoms with Gasteiger partial charge in [-0.3, -0.25) is 4.79 Å². The number of methoxy groups -OCH3 is 1. The highest BCUT2D eigenvalue weighted by Gasteiger charge is 2.19. The molecule has 0 atom stereocenters. The molecule has 0 aliphatic rings. The Balaban J connectivity index is 2.07. The molecule has 2 aromatic carbocycles. The second kappa shape index (κ2) is 11.2. The molecule has 0 fully saturated rings. The van der Waals surface area contributed by atoms with Crippen LogP contribution in [0.3, 0.4) is 0 Å². The number of nitrogens with zero attached hydrogens (tertiary/aromatic N) is 2. The van der Waals surface area contributed by atoms with E-state index >= 15 is 0 Å². The lowest BCUT2D eigenvalue weighted by molar-refractivity contribution is -0.121. The van der Waals surface area contributed by atoms with Crippen LogP contribution in [0.5, 0.6) is 11.5 Å². The maximum Gasteiger partial charge on any atom is 0.338 e. The monoisotopic (exact) mass is 412 g/mol. The molecular weight excluding hydrogens is 391 g/mol. The summed E-state index contributed by atoms with van der Waals surface area (Å²) in [4.78, 5) is 26.2. The van der Waals surface area contributed by atoms with Gasteiger partial charge in [-0.25, -0.2) is 9.18 Å². The molecule has 0 aliphatic heterocycles. The van der Waals surface area contributed by atoms with Crippen LogP contribution >= 0.6 is 0 Å². The maximum atomic E-state index is 13.2. The van der Waals surface area contributed by atoms with Crippen molar-refractivity contribution in [3.05, 3.63) is 66.5 Å². The zero-order chi connectivity index (χ0) is 21.9. The molecule has 8 heteroatoms. The zero-order valence-corrected chi connectivity index (χ0v) is 16.5. The van der Waals surface area contributed by atoms with Crippen LogP contribution < -0.4 is 14.4 Å². The van der Waals surface area contributed by atoms with Crippen molar-refractivity contribution in [3.8, 4) is 17.6 Å². The number of carbonyl (C=O) groups excluding carboxylic acids is 2. The summed E-state index contributed by atoms with van der Waals surface area (Å²) in [5.74, 6) is -0.949. The van der Waals surface area contributed by atoms with Crippen LogP contribution in [-0.4, -0.2) is 38.7 Å². The number of halogens is 1. The molecule has 156 valence electrons. The first-order valence-corrected chi connectivity index (χ1v) is 9.02. The molecule has 1 amide bonds. The molecule has 0 saturated heterocycles. The number of benzene rings is 2. The average Bonchev–Trinajstić information content (AvgIpc) is 2.77. The maximum absolute atomic E-state index is 13.2. The van der Waals surface area contributed by atoms with E-state index in [-0.39, 0.29) is 25.1 Å². The quantitative estimate of drug-likeness (QED) is 0.438. The Kier molecular flexibility index (Phi) is 8.39. The molecule has 0 unspecified atom stereocenters. The molecule has 30 heavy (non-hydrogen) atoms. The van der Waals surface area contributed by atoms with Gasteiger partial charge in [-0.2, -0.15) is 5.26 Å². The molecule has 2 rings (SSSR count). The van der Waals surface area contributed by atoms with Gasteiger partial charge in [0, 0.05) is 12.2 Å². The third-order valence-electron chi connectivity index (χ3n) is 3.97. The van der Waals surface area contributed by atoms with Crippen LogP contribution in [-0.2, 0) is 9.53 Å². The second-order valence-corrected chi connectivity index (χ2v) is 5.97. The van der Waals surface area contributed by atoms with Gasteiger partial charge in [0.15, 0.2) is 18.1 Å². The molecule has 0 bridgehead atoms. The number of ether oxygens (including phenoxy) is 3. The van der Waals surface area contributed by atoms with Gasteiger partial charge in [0.1, 0.15) is 12.4 Å². The van der Waals surface area contributed by atoms with Crippen molar-refractivity contribution in [2.24, 2.45) is 0 Å². The normalized spacial score (nSPS) is 9.90. The fraction of sp³-hybridized carbons (Fsp3) is 0.227. The first-order chi connectivity index (χ1) is 14.5. The summed E-state index contributed by atoms with van der Waals surface area (Å²) in [7, 11) is 1.44. The van der Waals surface area contributed by atoms with Gasteiger partial charge in [0.2, 0.25) is 0 Å². The summed E-state index contributed by atoms with van der Waals surface area (Å²) in [5.41, 5.74) is 0.578. The van der Waals surface area contributed by atoms with Gasteiger partial charge >= 0.3 is 5.97 Å². The van der Waals surface area contributed by atoms with E-state index in [9.17, 15) is 14.0 Å². The second-order valence-electron chi connectivity index (χ2n) is 5.97. The Morgan fingerprint density at radius 2 is 1.93 bits per heavy atom. The minimum atomic E-state index is -0.726. The first kappa shape index (κ1) is 22.4. The highest BCUT2D eigenvalue weighted by molar-refractivity contribution is 5.97. The van der Waals surface area contributed by atoms with Crippen LogP contribution in [0.4, 0.5) is 10.1 Å². The van der Waals surface area contributed by atoms with E-state index in [4.69, 9.17) is 19.5 Å². The van der Waals surface area contributed by atoms with Crippen molar-refractivity contribution in [2.75, 3.05) is 31.8 Å². The lowest BCUT2D eigenvalue weighted by Gasteiger charge is -2.21. The highest BCUT2D eigenvalue weighted by atomic mass is 19.1. The van der Waals surface area contributed by atoms with Crippen molar-refractivity contribution in [2.45, 2.75) is 6.42 Å². The smallest absolute Gasteiger partial charge is 0.338 e. The van der Waals surface area contributed by atoms with Crippen LogP contribution in [0.1, 0.15) is 16.8 Å².